The van der Waals surface area contributed by atoms with E-state index in [1.807, 2.05) is 19.0 Å². The molecule has 7 heteroatoms. The van der Waals surface area contributed by atoms with Crippen LogP contribution in [0.3, 0.4) is 0 Å². The molecule has 7 nitrogen and oxygen atoms in total. The number of likely N-dealkylation sites (N-methyl/N-ethyl adjacent to an activating group) is 1. The monoisotopic (exact) mass is 494 g/mol. The summed E-state index contributed by atoms with van der Waals surface area (Å²) >= 11 is 0. The van der Waals surface area contributed by atoms with Crippen molar-refractivity contribution in [2.75, 3.05) is 21.2 Å². The molecular formula is C30H30N4O3. The van der Waals surface area contributed by atoms with Gasteiger partial charge in [-0.25, -0.2) is 0 Å². The van der Waals surface area contributed by atoms with Gasteiger partial charge in [0.15, 0.2) is 5.72 Å². The number of rotatable bonds is 2. The van der Waals surface area contributed by atoms with Crippen molar-refractivity contribution in [1.82, 2.24) is 19.4 Å². The number of hydrogen-bond donors (Lipinski definition) is 1. The molecule has 1 amide bonds. The highest BCUT2D eigenvalue weighted by Crippen LogP contribution is 2.54. The quantitative estimate of drug-likeness (QED) is 0.375. The first-order chi connectivity index (χ1) is 17.9. The van der Waals surface area contributed by atoms with Gasteiger partial charge in [-0.3, -0.25) is 4.79 Å². The maximum atomic E-state index is 13.8. The molecule has 1 saturated heterocycles. The molecule has 0 saturated carbocycles. The Balaban J connectivity index is 1.72. The van der Waals surface area contributed by atoms with Gasteiger partial charge in [-0.15, -0.1) is 0 Å². The number of aryl methyl sites for hydroxylation is 1. The third-order valence-electron chi connectivity index (χ3n) is 9.15. The largest absolute Gasteiger partial charge is 0.375 e. The molecule has 0 aliphatic carbocycles. The summed E-state index contributed by atoms with van der Waals surface area (Å²) in [5, 5.41) is 8.01. The van der Waals surface area contributed by atoms with Gasteiger partial charge in [0.2, 0.25) is 0 Å². The fraction of sp³-hybridized carbons (Fsp3) is 0.367. The number of carbonyl (C=O) groups is 1. The standard InChI is InChI=1S/C30H30N4O3/c1-15-10-11-20-17(12-15)24-25-18(14-32(4)29(25)35)23-16-8-6-7-9-21(16)34-27(23)26(24)33(20)22-13-19(31-3)28(36-5)30(34,2)37-22/h6-12,19,22,28,31H,13-14H2,1-5H3/t19-,22-,28-,30+/m0/s1. The SMILES string of the molecule is CN[C@H]1C[C@@H]2O[C@](C)([C@H]1OC)n1c3ccccc3c3c4c(c5c6cc(C)ccc6n2c5c31)C(=O)N(C)C4. The van der Waals surface area contributed by atoms with Gasteiger partial charge in [-0.2, -0.15) is 0 Å². The van der Waals surface area contributed by atoms with Gasteiger partial charge in [-0.05, 0) is 44.7 Å². The van der Waals surface area contributed by atoms with E-state index in [-0.39, 0.29) is 24.3 Å². The first kappa shape index (κ1) is 21.7. The van der Waals surface area contributed by atoms with E-state index in [0.717, 1.165) is 61.2 Å². The molecule has 3 aromatic carbocycles. The van der Waals surface area contributed by atoms with Crippen LogP contribution < -0.4 is 5.32 Å². The molecule has 1 fully saturated rings. The van der Waals surface area contributed by atoms with Crippen LogP contribution in [0.4, 0.5) is 0 Å². The lowest BCUT2D eigenvalue weighted by Crippen LogP contribution is -2.59. The molecular weight excluding hydrogens is 464 g/mol. The summed E-state index contributed by atoms with van der Waals surface area (Å²) < 4.78 is 18.1. The number of nitrogens with one attached hydrogen (secondary N) is 1. The highest BCUT2D eigenvalue weighted by molar-refractivity contribution is 6.31. The number of hydrogen-bond acceptors (Lipinski definition) is 4. The average molecular weight is 495 g/mol. The molecule has 4 atom stereocenters. The molecule has 5 aromatic rings. The van der Waals surface area contributed by atoms with E-state index in [2.05, 4.69) is 70.8 Å². The molecule has 1 N–H and O–H groups in total. The van der Waals surface area contributed by atoms with Crippen molar-refractivity contribution in [3.05, 3.63) is 59.2 Å². The summed E-state index contributed by atoms with van der Waals surface area (Å²) in [6.07, 6.45) is 0.330. The third kappa shape index (κ3) is 2.37. The van der Waals surface area contributed by atoms with Crippen LogP contribution in [0.1, 0.15) is 41.1 Å². The van der Waals surface area contributed by atoms with Gasteiger partial charge in [0, 0.05) is 54.7 Å². The van der Waals surface area contributed by atoms with E-state index in [4.69, 9.17) is 9.47 Å². The molecule has 3 aliphatic heterocycles. The minimum atomic E-state index is -0.765. The van der Waals surface area contributed by atoms with Crippen LogP contribution in [0.15, 0.2) is 42.5 Å². The number of fused-ring (bicyclic) bond motifs is 13. The number of methoxy groups -OCH3 is 1. The normalized spacial score (nSPS) is 26.8. The summed E-state index contributed by atoms with van der Waals surface area (Å²) in [4.78, 5) is 15.6. The van der Waals surface area contributed by atoms with Crippen LogP contribution in [0.2, 0.25) is 0 Å². The number of nitrogens with zero attached hydrogens (tertiary/aromatic N) is 3. The van der Waals surface area contributed by atoms with Crippen molar-refractivity contribution in [3.8, 4) is 0 Å². The van der Waals surface area contributed by atoms with Gasteiger partial charge in [0.05, 0.1) is 27.6 Å². The van der Waals surface area contributed by atoms with Crippen molar-refractivity contribution >= 4 is 49.5 Å². The van der Waals surface area contributed by atoms with Crippen LogP contribution in [0.5, 0.6) is 0 Å². The van der Waals surface area contributed by atoms with Crippen LogP contribution in [-0.2, 0) is 21.7 Å². The smallest absolute Gasteiger partial charge is 0.254 e. The Morgan fingerprint density at radius 3 is 2.68 bits per heavy atom. The number of amides is 1. The Kier molecular flexibility index (Phi) is 4.05. The van der Waals surface area contributed by atoms with Gasteiger partial charge < -0.3 is 28.8 Å². The zero-order valence-corrected chi connectivity index (χ0v) is 21.8. The molecule has 0 spiro atoms. The minimum absolute atomic E-state index is 0.0804. The number of para-hydroxylation sites is 1. The van der Waals surface area contributed by atoms with E-state index in [0.29, 0.717) is 6.54 Å². The molecule has 5 heterocycles. The average Bonchev–Trinajstić information content (AvgIpc) is 3.48. The molecule has 0 unspecified atom stereocenters. The van der Waals surface area contributed by atoms with E-state index in [9.17, 15) is 4.79 Å². The Hall–Kier alpha value is -3.39. The predicted molar refractivity (Wildman–Crippen MR) is 145 cm³/mol. The maximum Gasteiger partial charge on any atom is 0.254 e. The van der Waals surface area contributed by atoms with E-state index < -0.39 is 5.72 Å². The number of benzene rings is 3. The van der Waals surface area contributed by atoms with Crippen LogP contribution in [0, 0.1) is 6.92 Å². The molecule has 188 valence electrons. The molecule has 37 heavy (non-hydrogen) atoms. The number of carbonyl (C=O) groups excluding carboxylic acids is 1. The minimum Gasteiger partial charge on any atom is -0.375 e. The molecule has 3 aliphatic rings. The zero-order chi connectivity index (χ0) is 25.4. The summed E-state index contributed by atoms with van der Waals surface area (Å²) in [6.45, 7) is 4.88. The van der Waals surface area contributed by atoms with E-state index in [1.165, 1.54) is 5.56 Å². The van der Waals surface area contributed by atoms with Crippen molar-refractivity contribution in [2.24, 2.45) is 0 Å². The Labute approximate surface area is 214 Å². The fourth-order valence-electron chi connectivity index (χ4n) is 7.71. The van der Waals surface area contributed by atoms with E-state index >= 15 is 0 Å². The van der Waals surface area contributed by atoms with Crippen LogP contribution in [0.25, 0.3) is 43.6 Å². The van der Waals surface area contributed by atoms with Gasteiger partial charge in [0.25, 0.3) is 5.91 Å². The molecule has 2 aromatic heterocycles. The molecule has 8 rings (SSSR count). The van der Waals surface area contributed by atoms with Gasteiger partial charge >= 0.3 is 0 Å². The van der Waals surface area contributed by atoms with Crippen LogP contribution >= 0.6 is 0 Å². The van der Waals surface area contributed by atoms with Crippen molar-refractivity contribution in [1.29, 1.82) is 0 Å². The van der Waals surface area contributed by atoms with Gasteiger partial charge in [0.1, 0.15) is 12.3 Å². The highest BCUT2D eigenvalue weighted by atomic mass is 16.6. The van der Waals surface area contributed by atoms with Crippen molar-refractivity contribution < 1.29 is 14.3 Å². The maximum absolute atomic E-state index is 13.8. The predicted octanol–water partition coefficient (Wildman–Crippen LogP) is 5.00. The van der Waals surface area contributed by atoms with Gasteiger partial charge in [-0.1, -0.05) is 29.8 Å². The number of aromatic nitrogens is 2. The van der Waals surface area contributed by atoms with Crippen LogP contribution in [-0.4, -0.2) is 53.3 Å². The summed E-state index contributed by atoms with van der Waals surface area (Å²) in [5.74, 6) is 0.0940. The Bertz CT molecular complexity index is 1830. The topological polar surface area (TPSA) is 60.7 Å². The Morgan fingerprint density at radius 2 is 1.89 bits per heavy atom. The first-order valence-corrected chi connectivity index (χ1v) is 13.0. The summed E-state index contributed by atoms with van der Waals surface area (Å²) in [7, 11) is 5.69. The van der Waals surface area contributed by atoms with E-state index in [1.54, 1.807) is 7.11 Å². The number of ether oxygens (including phenoxy) is 2. The summed E-state index contributed by atoms with van der Waals surface area (Å²) in [5.41, 5.74) is 6.81. The molecule has 0 radical (unpaired) electrons. The second-order valence-corrected chi connectivity index (χ2v) is 11.1. The lowest BCUT2D eigenvalue weighted by Gasteiger charge is -2.48. The lowest BCUT2D eigenvalue weighted by molar-refractivity contribution is -0.256. The lowest BCUT2D eigenvalue weighted by atomic mass is 9.93. The van der Waals surface area contributed by atoms with Crippen molar-refractivity contribution in [2.45, 2.75) is 50.9 Å². The second kappa shape index (κ2) is 6.92. The fourth-order valence-corrected chi connectivity index (χ4v) is 7.71. The molecule has 2 bridgehead atoms. The summed E-state index contributed by atoms with van der Waals surface area (Å²) in [6, 6.07) is 15.2. The second-order valence-electron chi connectivity index (χ2n) is 11.1. The first-order valence-electron chi connectivity index (χ1n) is 13.0. The van der Waals surface area contributed by atoms with Crippen molar-refractivity contribution in [3.63, 3.8) is 0 Å². The zero-order valence-electron chi connectivity index (χ0n) is 21.8. The third-order valence-corrected chi connectivity index (χ3v) is 9.15. The highest BCUT2D eigenvalue weighted by Gasteiger charge is 2.53. The Morgan fingerprint density at radius 1 is 1.08 bits per heavy atom.